The number of nitrogens with one attached hydrogen (secondary N) is 2. The van der Waals surface area contributed by atoms with E-state index in [1.165, 1.54) is 47.7 Å². The van der Waals surface area contributed by atoms with Gasteiger partial charge < -0.3 is 10.6 Å². The highest BCUT2D eigenvalue weighted by molar-refractivity contribution is 5.99. The van der Waals surface area contributed by atoms with E-state index < -0.39 is 0 Å². The maximum atomic E-state index is 4.80. The Labute approximate surface area is 173 Å². The highest BCUT2D eigenvalue weighted by atomic mass is 14.9. The van der Waals surface area contributed by atoms with E-state index in [1.807, 2.05) is 6.07 Å². The molecule has 0 saturated heterocycles. The van der Waals surface area contributed by atoms with E-state index in [9.17, 15) is 0 Å². The minimum atomic E-state index is 0.964. The molecule has 0 aliphatic heterocycles. The quantitative estimate of drug-likeness (QED) is 0.255. The van der Waals surface area contributed by atoms with Crippen molar-refractivity contribution in [2.45, 2.75) is 32.2 Å². The number of anilines is 1. The molecule has 29 heavy (non-hydrogen) atoms. The largest absolute Gasteiger partial charge is 0.384 e. The van der Waals surface area contributed by atoms with Crippen LogP contribution in [0.5, 0.6) is 0 Å². The van der Waals surface area contributed by atoms with Crippen molar-refractivity contribution in [3.8, 4) is 0 Å². The van der Waals surface area contributed by atoms with Crippen molar-refractivity contribution >= 4 is 27.5 Å². The Hall–Kier alpha value is -2.91. The van der Waals surface area contributed by atoms with Gasteiger partial charge in [-0.25, -0.2) is 4.98 Å². The zero-order valence-electron chi connectivity index (χ0n) is 16.9. The molecular formula is C26H29N3. The second kappa shape index (κ2) is 10.0. The Morgan fingerprint density at radius 3 is 2.31 bits per heavy atom. The van der Waals surface area contributed by atoms with Gasteiger partial charge in [0.2, 0.25) is 0 Å². The fraction of sp³-hybridized carbons (Fsp3) is 0.269. The van der Waals surface area contributed by atoms with Crippen LogP contribution in [0.25, 0.3) is 21.8 Å². The molecule has 0 atom stereocenters. The van der Waals surface area contributed by atoms with Crippen molar-refractivity contribution in [2.75, 3.05) is 18.4 Å². The Morgan fingerprint density at radius 1 is 0.655 bits per heavy atom. The van der Waals surface area contributed by atoms with E-state index in [0.717, 1.165) is 30.7 Å². The first-order valence-corrected chi connectivity index (χ1v) is 10.7. The molecular weight excluding hydrogens is 354 g/mol. The van der Waals surface area contributed by atoms with Crippen molar-refractivity contribution in [2.24, 2.45) is 0 Å². The Balaban J connectivity index is 1.19. The third-order valence-corrected chi connectivity index (χ3v) is 5.33. The summed E-state index contributed by atoms with van der Waals surface area (Å²) in [4.78, 5) is 4.80. The van der Waals surface area contributed by atoms with E-state index in [1.54, 1.807) is 0 Å². The molecule has 1 heterocycles. The molecule has 0 spiro atoms. The molecule has 2 N–H and O–H groups in total. The Bertz CT molecular complexity index is 1040. The first-order chi connectivity index (χ1) is 14.4. The van der Waals surface area contributed by atoms with Gasteiger partial charge in [-0.15, -0.1) is 0 Å². The van der Waals surface area contributed by atoms with Gasteiger partial charge in [0, 0.05) is 29.5 Å². The third kappa shape index (κ3) is 5.33. The van der Waals surface area contributed by atoms with Crippen molar-refractivity contribution < 1.29 is 0 Å². The maximum absolute atomic E-state index is 4.80. The zero-order valence-corrected chi connectivity index (χ0v) is 16.9. The summed E-state index contributed by atoms with van der Waals surface area (Å²) in [5, 5.41) is 9.55. The van der Waals surface area contributed by atoms with Crippen LogP contribution in [0.15, 0.2) is 78.9 Å². The number of rotatable bonds is 10. The SMILES string of the molecule is c1ccc(CNCCCCCCNc2cccc3nc4ccccc4cc23)cc1. The number of para-hydroxylation sites is 1. The summed E-state index contributed by atoms with van der Waals surface area (Å²) in [5.74, 6) is 0. The minimum Gasteiger partial charge on any atom is -0.384 e. The van der Waals surface area contributed by atoms with Gasteiger partial charge >= 0.3 is 0 Å². The van der Waals surface area contributed by atoms with Crippen LogP contribution < -0.4 is 10.6 Å². The van der Waals surface area contributed by atoms with E-state index in [-0.39, 0.29) is 0 Å². The number of aromatic nitrogens is 1. The normalized spacial score (nSPS) is 11.2. The van der Waals surface area contributed by atoms with Crippen LogP contribution in [0.1, 0.15) is 31.2 Å². The number of hydrogen-bond donors (Lipinski definition) is 2. The number of hydrogen-bond acceptors (Lipinski definition) is 3. The molecule has 0 fully saturated rings. The summed E-state index contributed by atoms with van der Waals surface area (Å²) in [6, 6.07) is 27.5. The van der Waals surface area contributed by atoms with Crippen LogP contribution in [0, 0.1) is 0 Å². The maximum Gasteiger partial charge on any atom is 0.0730 e. The lowest BCUT2D eigenvalue weighted by molar-refractivity contribution is 0.593. The predicted molar refractivity (Wildman–Crippen MR) is 124 cm³/mol. The number of benzene rings is 3. The van der Waals surface area contributed by atoms with Gasteiger partial charge in [-0.2, -0.15) is 0 Å². The highest BCUT2D eigenvalue weighted by Gasteiger charge is 2.04. The minimum absolute atomic E-state index is 0.964. The van der Waals surface area contributed by atoms with Crippen LogP contribution in [0.4, 0.5) is 5.69 Å². The van der Waals surface area contributed by atoms with Gasteiger partial charge in [0.1, 0.15) is 0 Å². The highest BCUT2D eigenvalue weighted by Crippen LogP contribution is 2.26. The van der Waals surface area contributed by atoms with Gasteiger partial charge in [-0.05, 0) is 49.2 Å². The summed E-state index contributed by atoms with van der Waals surface area (Å²) >= 11 is 0. The van der Waals surface area contributed by atoms with Crippen molar-refractivity contribution in [3.63, 3.8) is 0 Å². The molecule has 0 bridgehead atoms. The molecule has 0 amide bonds. The predicted octanol–water partition coefficient (Wildman–Crippen LogP) is 6.15. The molecule has 0 radical (unpaired) electrons. The molecule has 3 heteroatoms. The number of unbranched alkanes of at least 4 members (excludes halogenated alkanes) is 3. The molecule has 1 aromatic heterocycles. The van der Waals surface area contributed by atoms with Crippen LogP contribution >= 0.6 is 0 Å². The Kier molecular flexibility index (Phi) is 6.72. The van der Waals surface area contributed by atoms with E-state index in [0.29, 0.717) is 0 Å². The van der Waals surface area contributed by atoms with Crippen molar-refractivity contribution in [1.82, 2.24) is 10.3 Å². The average Bonchev–Trinajstić information content (AvgIpc) is 2.77. The fourth-order valence-electron chi connectivity index (χ4n) is 3.73. The summed E-state index contributed by atoms with van der Waals surface area (Å²) in [5.41, 5.74) is 4.65. The average molecular weight is 384 g/mol. The smallest absolute Gasteiger partial charge is 0.0730 e. The van der Waals surface area contributed by atoms with Crippen LogP contribution in [0.3, 0.4) is 0 Å². The molecule has 0 unspecified atom stereocenters. The lowest BCUT2D eigenvalue weighted by Gasteiger charge is -2.10. The zero-order chi connectivity index (χ0) is 19.7. The fourth-order valence-corrected chi connectivity index (χ4v) is 3.73. The van der Waals surface area contributed by atoms with Gasteiger partial charge in [0.25, 0.3) is 0 Å². The van der Waals surface area contributed by atoms with E-state index in [4.69, 9.17) is 4.98 Å². The summed E-state index contributed by atoms with van der Waals surface area (Å²) < 4.78 is 0. The topological polar surface area (TPSA) is 37.0 Å². The van der Waals surface area contributed by atoms with Crippen LogP contribution in [-0.4, -0.2) is 18.1 Å². The lowest BCUT2D eigenvalue weighted by Crippen LogP contribution is -2.14. The third-order valence-electron chi connectivity index (χ3n) is 5.33. The van der Waals surface area contributed by atoms with E-state index in [2.05, 4.69) is 83.4 Å². The molecule has 148 valence electrons. The van der Waals surface area contributed by atoms with Gasteiger partial charge in [0.05, 0.1) is 11.0 Å². The standard InChI is InChI=1S/C26H29N3/c1(8-17-27-20-21-11-4-3-5-12-21)2-9-18-28-25-15-10-16-26-23(25)19-22-13-6-7-14-24(22)29-26/h3-7,10-16,19,27-28H,1-2,8-9,17-18,20H2. The van der Waals surface area contributed by atoms with E-state index >= 15 is 0 Å². The lowest BCUT2D eigenvalue weighted by atomic mass is 10.1. The molecule has 4 rings (SSSR count). The number of pyridine rings is 1. The molecule has 3 aromatic carbocycles. The first kappa shape index (κ1) is 19.4. The monoisotopic (exact) mass is 383 g/mol. The van der Waals surface area contributed by atoms with Crippen molar-refractivity contribution in [3.05, 3.63) is 84.4 Å². The molecule has 0 aliphatic carbocycles. The second-order valence-electron chi connectivity index (χ2n) is 7.56. The number of nitrogens with zero attached hydrogens (tertiary/aromatic N) is 1. The molecule has 0 saturated carbocycles. The Morgan fingerprint density at radius 2 is 1.41 bits per heavy atom. The summed E-state index contributed by atoms with van der Waals surface area (Å²) in [6.07, 6.45) is 4.95. The van der Waals surface area contributed by atoms with Gasteiger partial charge in [-0.1, -0.05) is 67.4 Å². The second-order valence-corrected chi connectivity index (χ2v) is 7.56. The van der Waals surface area contributed by atoms with Crippen LogP contribution in [0.2, 0.25) is 0 Å². The van der Waals surface area contributed by atoms with Gasteiger partial charge in [-0.3, -0.25) is 0 Å². The van der Waals surface area contributed by atoms with Crippen LogP contribution in [-0.2, 0) is 6.54 Å². The number of fused-ring (bicyclic) bond motifs is 2. The van der Waals surface area contributed by atoms with Gasteiger partial charge in [0.15, 0.2) is 0 Å². The molecule has 4 aromatic rings. The summed E-state index contributed by atoms with van der Waals surface area (Å²) in [6.45, 7) is 3.06. The summed E-state index contributed by atoms with van der Waals surface area (Å²) in [7, 11) is 0. The first-order valence-electron chi connectivity index (χ1n) is 10.7. The molecule has 0 aliphatic rings. The van der Waals surface area contributed by atoms with Crippen molar-refractivity contribution in [1.29, 1.82) is 0 Å². The molecule has 3 nitrogen and oxygen atoms in total.